The lowest BCUT2D eigenvalue weighted by atomic mass is 10.0. The van der Waals surface area contributed by atoms with E-state index in [1.807, 2.05) is 48.5 Å². The quantitative estimate of drug-likeness (QED) is 0.495. The topological polar surface area (TPSA) is 104 Å². The van der Waals surface area contributed by atoms with E-state index in [9.17, 15) is 4.79 Å². The molecule has 2 aromatic carbocycles. The molecule has 0 saturated carbocycles. The first-order valence-electron chi connectivity index (χ1n) is 9.22. The number of aromatic nitrogens is 3. The number of amides is 1. The summed E-state index contributed by atoms with van der Waals surface area (Å²) in [5.74, 6) is 1.81. The van der Waals surface area contributed by atoms with Crippen molar-refractivity contribution in [1.82, 2.24) is 31.3 Å². The van der Waals surface area contributed by atoms with E-state index in [-0.39, 0.29) is 24.5 Å². The average molecular weight is 413 g/mol. The Hall–Kier alpha value is -2.94. The predicted molar refractivity (Wildman–Crippen MR) is 109 cm³/mol. The lowest BCUT2D eigenvalue weighted by Gasteiger charge is -2.10. The number of nitrogens with zero attached hydrogens (tertiary/aromatic N) is 2. The SMILES string of the molecule is COc1ccc(-c2n[nH]c(CNC(=O)C3CC(c4cccc(Cl)c4)NN3)n2)cc1. The minimum absolute atomic E-state index is 0.0244. The number of methoxy groups -OCH3 is 1. The fourth-order valence-corrected chi connectivity index (χ4v) is 3.41. The second-order valence-electron chi connectivity index (χ2n) is 6.74. The van der Waals surface area contributed by atoms with Crippen LogP contribution in [0.25, 0.3) is 11.4 Å². The molecule has 2 atom stereocenters. The monoisotopic (exact) mass is 412 g/mol. The van der Waals surface area contributed by atoms with Crippen LogP contribution in [-0.2, 0) is 11.3 Å². The van der Waals surface area contributed by atoms with Crippen LogP contribution in [0.15, 0.2) is 48.5 Å². The molecular weight excluding hydrogens is 392 g/mol. The van der Waals surface area contributed by atoms with Gasteiger partial charge in [-0.05, 0) is 48.4 Å². The Morgan fingerprint density at radius 3 is 2.83 bits per heavy atom. The number of rotatable bonds is 6. The molecule has 4 rings (SSSR count). The fraction of sp³-hybridized carbons (Fsp3) is 0.250. The standard InChI is InChI=1S/C20H21ClN6O2/c1-29-15-7-5-12(6-8-15)19-23-18(26-27-19)11-22-20(28)17-10-16(24-25-17)13-3-2-4-14(21)9-13/h2-9,16-17,24-25H,10-11H2,1H3,(H,22,28)(H,23,26,27). The Kier molecular flexibility index (Phi) is 5.75. The van der Waals surface area contributed by atoms with Crippen molar-refractivity contribution in [2.45, 2.75) is 25.0 Å². The molecule has 1 fully saturated rings. The molecule has 9 heteroatoms. The van der Waals surface area contributed by atoms with Gasteiger partial charge in [-0.25, -0.2) is 15.8 Å². The molecule has 2 unspecified atom stereocenters. The average Bonchev–Trinajstić information content (AvgIpc) is 3.42. The van der Waals surface area contributed by atoms with Crippen molar-refractivity contribution in [2.24, 2.45) is 0 Å². The number of carbonyl (C=O) groups is 1. The summed E-state index contributed by atoms with van der Waals surface area (Å²) in [5.41, 5.74) is 8.10. The number of aromatic amines is 1. The van der Waals surface area contributed by atoms with E-state index in [1.165, 1.54) is 0 Å². The Morgan fingerprint density at radius 1 is 1.24 bits per heavy atom. The van der Waals surface area contributed by atoms with Crippen LogP contribution in [0.5, 0.6) is 5.75 Å². The Balaban J connectivity index is 1.31. The molecule has 4 N–H and O–H groups in total. The van der Waals surface area contributed by atoms with E-state index in [1.54, 1.807) is 7.11 Å². The maximum absolute atomic E-state index is 12.5. The molecule has 3 aromatic rings. The van der Waals surface area contributed by atoms with Crippen LogP contribution >= 0.6 is 11.6 Å². The van der Waals surface area contributed by atoms with E-state index >= 15 is 0 Å². The summed E-state index contributed by atoms with van der Waals surface area (Å²) < 4.78 is 5.15. The zero-order chi connectivity index (χ0) is 20.2. The zero-order valence-corrected chi connectivity index (χ0v) is 16.5. The smallest absolute Gasteiger partial charge is 0.238 e. The van der Waals surface area contributed by atoms with E-state index in [4.69, 9.17) is 16.3 Å². The molecule has 0 bridgehead atoms. The van der Waals surface area contributed by atoms with Gasteiger partial charge in [0.25, 0.3) is 0 Å². The molecule has 1 aliphatic heterocycles. The first kappa shape index (κ1) is 19.4. The van der Waals surface area contributed by atoms with Crippen LogP contribution in [0.4, 0.5) is 0 Å². The molecule has 0 spiro atoms. The highest BCUT2D eigenvalue weighted by molar-refractivity contribution is 6.30. The van der Waals surface area contributed by atoms with Gasteiger partial charge >= 0.3 is 0 Å². The van der Waals surface area contributed by atoms with E-state index in [0.29, 0.717) is 23.1 Å². The second-order valence-corrected chi connectivity index (χ2v) is 7.17. The van der Waals surface area contributed by atoms with Gasteiger partial charge in [-0.1, -0.05) is 23.7 Å². The number of halogens is 1. The summed E-state index contributed by atoms with van der Waals surface area (Å²) >= 11 is 6.05. The van der Waals surface area contributed by atoms with Crippen molar-refractivity contribution >= 4 is 17.5 Å². The number of hydrazine groups is 1. The molecular formula is C20H21ClN6O2. The van der Waals surface area contributed by atoms with Gasteiger partial charge in [-0.3, -0.25) is 9.89 Å². The summed E-state index contributed by atoms with van der Waals surface area (Å²) in [6, 6.07) is 14.8. The van der Waals surface area contributed by atoms with Crippen molar-refractivity contribution in [2.75, 3.05) is 7.11 Å². The van der Waals surface area contributed by atoms with Gasteiger partial charge in [0.15, 0.2) is 5.82 Å². The highest BCUT2D eigenvalue weighted by Gasteiger charge is 2.30. The maximum Gasteiger partial charge on any atom is 0.238 e. The lowest BCUT2D eigenvalue weighted by Crippen LogP contribution is -2.43. The Morgan fingerprint density at radius 2 is 2.07 bits per heavy atom. The van der Waals surface area contributed by atoms with Crippen molar-refractivity contribution < 1.29 is 9.53 Å². The number of hydrogen-bond donors (Lipinski definition) is 4. The lowest BCUT2D eigenvalue weighted by molar-refractivity contribution is -0.123. The molecule has 0 aliphatic carbocycles. The molecule has 1 amide bonds. The molecule has 1 aliphatic rings. The summed E-state index contributed by atoms with van der Waals surface area (Å²) in [6.45, 7) is 0.266. The molecule has 150 valence electrons. The number of H-pyrrole nitrogens is 1. The van der Waals surface area contributed by atoms with Crippen molar-refractivity contribution in [3.8, 4) is 17.1 Å². The van der Waals surface area contributed by atoms with Gasteiger partial charge in [0.05, 0.1) is 13.7 Å². The first-order valence-corrected chi connectivity index (χ1v) is 9.60. The van der Waals surface area contributed by atoms with Gasteiger partial charge in [-0.15, -0.1) is 0 Å². The van der Waals surface area contributed by atoms with Crippen molar-refractivity contribution in [3.05, 3.63) is 64.9 Å². The minimum Gasteiger partial charge on any atom is -0.497 e. The molecule has 29 heavy (non-hydrogen) atoms. The molecule has 1 aromatic heterocycles. The first-order chi connectivity index (χ1) is 14.1. The van der Waals surface area contributed by atoms with Gasteiger partial charge < -0.3 is 10.1 Å². The van der Waals surface area contributed by atoms with E-state index in [0.717, 1.165) is 16.9 Å². The van der Waals surface area contributed by atoms with Crippen LogP contribution in [0, 0.1) is 0 Å². The molecule has 2 heterocycles. The van der Waals surface area contributed by atoms with Crippen LogP contribution in [0.3, 0.4) is 0 Å². The summed E-state index contributed by atoms with van der Waals surface area (Å²) in [4.78, 5) is 16.9. The fourth-order valence-electron chi connectivity index (χ4n) is 3.21. The number of ether oxygens (including phenoxy) is 1. The number of nitrogens with one attached hydrogen (secondary N) is 4. The third-order valence-corrected chi connectivity index (χ3v) is 5.02. The van der Waals surface area contributed by atoms with Gasteiger partial charge in [-0.2, -0.15) is 5.10 Å². The minimum atomic E-state index is -0.344. The Bertz CT molecular complexity index is 991. The van der Waals surface area contributed by atoms with Gasteiger partial charge in [0.1, 0.15) is 17.6 Å². The summed E-state index contributed by atoms with van der Waals surface area (Å²) in [6.07, 6.45) is 0.625. The highest BCUT2D eigenvalue weighted by Crippen LogP contribution is 2.24. The van der Waals surface area contributed by atoms with Crippen molar-refractivity contribution in [1.29, 1.82) is 0 Å². The number of carbonyl (C=O) groups excluding carboxylic acids is 1. The highest BCUT2D eigenvalue weighted by atomic mass is 35.5. The van der Waals surface area contributed by atoms with Crippen LogP contribution in [0.1, 0.15) is 23.9 Å². The third-order valence-electron chi connectivity index (χ3n) is 4.78. The largest absolute Gasteiger partial charge is 0.497 e. The van der Waals surface area contributed by atoms with Gasteiger partial charge in [0, 0.05) is 16.6 Å². The van der Waals surface area contributed by atoms with Gasteiger partial charge in [0.2, 0.25) is 5.91 Å². The number of hydrogen-bond acceptors (Lipinski definition) is 6. The molecule has 0 radical (unpaired) electrons. The molecule has 1 saturated heterocycles. The van der Waals surface area contributed by atoms with E-state index in [2.05, 4.69) is 31.3 Å². The molecule has 8 nitrogen and oxygen atoms in total. The normalized spacial score (nSPS) is 18.6. The maximum atomic E-state index is 12.5. The summed E-state index contributed by atoms with van der Waals surface area (Å²) in [7, 11) is 1.62. The van der Waals surface area contributed by atoms with Crippen molar-refractivity contribution in [3.63, 3.8) is 0 Å². The zero-order valence-electron chi connectivity index (χ0n) is 15.8. The third kappa shape index (κ3) is 4.56. The summed E-state index contributed by atoms with van der Waals surface area (Å²) in [5, 5.41) is 10.6. The van der Waals surface area contributed by atoms with E-state index < -0.39 is 0 Å². The van der Waals surface area contributed by atoms with Crippen LogP contribution in [-0.4, -0.2) is 34.2 Å². The number of benzene rings is 2. The van der Waals surface area contributed by atoms with Crippen LogP contribution in [0.2, 0.25) is 5.02 Å². The Labute approximate surface area is 173 Å². The van der Waals surface area contributed by atoms with Crippen LogP contribution < -0.4 is 20.9 Å². The second kappa shape index (κ2) is 8.60. The predicted octanol–water partition coefficient (Wildman–Crippen LogP) is 2.36.